The van der Waals surface area contributed by atoms with Crippen molar-refractivity contribution in [1.82, 2.24) is 0 Å². The largest absolute Gasteiger partial charge is 0.748 e. The number of hydrogen-bond acceptors (Lipinski definition) is 3. The van der Waals surface area contributed by atoms with Crippen molar-refractivity contribution < 1.29 is 26.2 Å². The predicted octanol–water partition coefficient (Wildman–Crippen LogP) is 4.59. The van der Waals surface area contributed by atoms with Crippen molar-refractivity contribution in [3.8, 4) is 17.1 Å². The van der Waals surface area contributed by atoms with Crippen molar-refractivity contribution in [2.24, 2.45) is 0 Å². The fraction of sp³-hybridized carbons (Fsp3) is 0.0500. The molecule has 0 spiro atoms. The van der Waals surface area contributed by atoms with Gasteiger partial charge in [0.05, 0.1) is 18.3 Å². The molecule has 1 heterocycles. The minimum Gasteiger partial charge on any atom is -0.748 e. The molecule has 4 aromatic rings. The van der Waals surface area contributed by atoms with E-state index in [1.165, 1.54) is 6.07 Å². The van der Waals surface area contributed by atoms with Gasteiger partial charge in [-0.3, -0.25) is 0 Å². The Kier molecular flexibility index (Phi) is 6.19. The summed E-state index contributed by atoms with van der Waals surface area (Å²) in [5.74, 6) is 1.23. The maximum Gasteiger partial charge on any atom is 0.153 e. The normalized spacial score (nSPS) is 9.71. The molecule has 128 valence electrons. The fourth-order valence-electron chi connectivity index (χ4n) is 2.26. The van der Waals surface area contributed by atoms with Crippen LogP contribution in [0.5, 0.6) is 5.75 Å². The van der Waals surface area contributed by atoms with E-state index in [-0.39, 0.29) is 22.5 Å². The maximum absolute atomic E-state index is 12.0. The first-order valence-electron chi connectivity index (χ1n) is 7.28. The predicted molar refractivity (Wildman–Crippen MR) is 92.1 cm³/mol. The van der Waals surface area contributed by atoms with Crippen LogP contribution in [0.25, 0.3) is 22.3 Å². The fourth-order valence-corrected chi connectivity index (χ4v) is 2.26. The Balaban J connectivity index is 0.000000300. The summed E-state index contributed by atoms with van der Waals surface area (Å²) in [6, 6.07) is 24.4. The van der Waals surface area contributed by atoms with Gasteiger partial charge in [-0.05, 0) is 24.3 Å². The zero-order valence-electron chi connectivity index (χ0n) is 13.1. The number of rotatable bonds is 2. The van der Waals surface area contributed by atoms with Crippen LogP contribution in [0.15, 0.2) is 88.1 Å². The molecule has 0 aliphatic heterocycles. The Morgan fingerprint density at radius 1 is 1.00 bits per heavy atom. The maximum atomic E-state index is 12.0. The summed E-state index contributed by atoms with van der Waals surface area (Å²) in [5, 5.41) is 0.532. The first-order valence-corrected chi connectivity index (χ1v) is 7.28. The van der Waals surface area contributed by atoms with Crippen molar-refractivity contribution in [2.75, 3.05) is 7.11 Å². The van der Waals surface area contributed by atoms with E-state index in [9.17, 15) is 4.79 Å². The zero-order valence-corrected chi connectivity index (χ0v) is 14.2. The molecule has 3 nitrogen and oxygen atoms in total. The zero-order chi connectivity index (χ0) is 16.1. The monoisotopic (exact) mass is 360 g/mol. The number of hydrogen-bond donors (Lipinski definition) is 0. The molecule has 24 heavy (non-hydrogen) atoms. The summed E-state index contributed by atoms with van der Waals surface area (Å²) in [6.07, 6.45) is 0. The molecule has 0 amide bonds. The van der Waals surface area contributed by atoms with Crippen LogP contribution in [0.1, 0.15) is 0 Å². The van der Waals surface area contributed by atoms with Crippen LogP contribution in [0.3, 0.4) is 0 Å². The summed E-state index contributed by atoms with van der Waals surface area (Å²) < 4.78 is 10.8. The van der Waals surface area contributed by atoms with Gasteiger partial charge >= 0.3 is 0 Å². The van der Waals surface area contributed by atoms with Crippen LogP contribution in [0, 0.1) is 0 Å². The Hall–Kier alpha value is -2.55. The summed E-state index contributed by atoms with van der Waals surface area (Å²) >= 11 is 0. The van der Waals surface area contributed by atoms with Gasteiger partial charge in [-0.2, -0.15) is 12.1 Å². The van der Waals surface area contributed by atoms with Gasteiger partial charge in [-0.1, -0.05) is 5.56 Å². The Morgan fingerprint density at radius 3 is 2.21 bits per heavy atom. The van der Waals surface area contributed by atoms with E-state index >= 15 is 0 Å². The van der Waals surface area contributed by atoms with Crippen LogP contribution in [0.4, 0.5) is 0 Å². The Bertz CT molecular complexity index is 902. The number of methoxy groups -OCH3 is 1. The molecule has 4 rings (SSSR count). The second-order valence-corrected chi connectivity index (χ2v) is 4.97. The molecule has 0 saturated carbocycles. The molecule has 3 aromatic carbocycles. The van der Waals surface area contributed by atoms with Crippen molar-refractivity contribution in [2.45, 2.75) is 0 Å². The quantitative estimate of drug-likeness (QED) is 0.388. The summed E-state index contributed by atoms with van der Waals surface area (Å²) in [6.45, 7) is 0. The SMILES string of the molecule is COc1ccc2oc(-[c-]3cccc3)cc(=O)c2c1.[Fe].[cH-]1[cH-][cH-][cH-][cH-]1. The molecule has 0 radical (unpaired) electrons. The Morgan fingerprint density at radius 2 is 1.62 bits per heavy atom. The van der Waals surface area contributed by atoms with E-state index in [4.69, 9.17) is 9.15 Å². The Labute approximate surface area is 150 Å². The third-order valence-corrected chi connectivity index (χ3v) is 3.44. The molecular weight excluding hydrogens is 344 g/mol. The molecular formula is C20H16FeO3-6. The van der Waals surface area contributed by atoms with E-state index in [1.807, 2.05) is 54.6 Å². The first-order chi connectivity index (χ1) is 11.3. The topological polar surface area (TPSA) is 39.4 Å². The average molecular weight is 360 g/mol. The van der Waals surface area contributed by atoms with Gasteiger partial charge in [-0.15, -0.1) is 12.1 Å². The first kappa shape index (κ1) is 17.8. The van der Waals surface area contributed by atoms with Gasteiger partial charge in [0.25, 0.3) is 0 Å². The molecule has 0 aliphatic rings. The second-order valence-electron chi connectivity index (χ2n) is 4.97. The van der Waals surface area contributed by atoms with Crippen LogP contribution in [-0.4, -0.2) is 7.11 Å². The summed E-state index contributed by atoms with van der Waals surface area (Å²) in [4.78, 5) is 12.0. The smallest absolute Gasteiger partial charge is 0.153 e. The van der Waals surface area contributed by atoms with Gasteiger partial charge in [-0.25, -0.2) is 0 Å². The molecule has 0 atom stereocenters. The minimum absolute atomic E-state index is 0. The third-order valence-electron chi connectivity index (χ3n) is 3.44. The number of benzene rings is 1. The van der Waals surface area contributed by atoms with Gasteiger partial charge in [0.2, 0.25) is 0 Å². The molecule has 0 saturated heterocycles. The van der Waals surface area contributed by atoms with Gasteiger partial charge in [0, 0.05) is 17.1 Å². The second kappa shape index (κ2) is 8.34. The van der Waals surface area contributed by atoms with Crippen molar-refractivity contribution >= 4 is 11.0 Å². The van der Waals surface area contributed by atoms with E-state index < -0.39 is 0 Å². The van der Waals surface area contributed by atoms with Gasteiger partial charge in [0.1, 0.15) is 11.3 Å². The molecule has 1 aromatic heterocycles. The van der Waals surface area contributed by atoms with Crippen LogP contribution in [-0.2, 0) is 17.1 Å². The van der Waals surface area contributed by atoms with Crippen LogP contribution >= 0.6 is 0 Å². The van der Waals surface area contributed by atoms with Crippen LogP contribution < -0.4 is 10.2 Å². The molecule has 0 N–H and O–H groups in total. The van der Waals surface area contributed by atoms with Crippen molar-refractivity contribution in [1.29, 1.82) is 0 Å². The average Bonchev–Trinajstić information content (AvgIpc) is 3.30. The van der Waals surface area contributed by atoms with Crippen LogP contribution in [0.2, 0.25) is 0 Å². The molecule has 0 unspecified atom stereocenters. The number of fused-ring (bicyclic) bond motifs is 1. The van der Waals surface area contributed by atoms with Crippen molar-refractivity contribution in [3.05, 3.63) is 89.1 Å². The van der Waals surface area contributed by atoms with Gasteiger partial charge in [0.15, 0.2) is 5.43 Å². The van der Waals surface area contributed by atoms with Crippen molar-refractivity contribution in [3.63, 3.8) is 0 Å². The van der Waals surface area contributed by atoms with Gasteiger partial charge < -0.3 is 44.3 Å². The standard InChI is InChI=1S/C15H11O3.C5H5.Fe/c1-17-11-6-7-14-12(8-11)13(16)9-15(18-14)10-4-2-3-5-10;1-2-4-5-3-1;/h2-9H,1H3;1-5H;/q-1;-5;. The third kappa shape index (κ3) is 4.05. The number of ether oxygens (including phenoxy) is 1. The molecule has 4 heteroatoms. The van der Waals surface area contributed by atoms with E-state index in [0.717, 1.165) is 5.56 Å². The summed E-state index contributed by atoms with van der Waals surface area (Å²) in [5.41, 5.74) is 1.41. The van der Waals surface area contributed by atoms with E-state index in [0.29, 0.717) is 22.5 Å². The summed E-state index contributed by atoms with van der Waals surface area (Å²) in [7, 11) is 1.57. The van der Waals surface area contributed by atoms with E-state index in [2.05, 4.69) is 0 Å². The van der Waals surface area contributed by atoms with E-state index in [1.54, 1.807) is 25.3 Å². The minimum atomic E-state index is -0.0636. The molecule has 0 fully saturated rings. The molecule has 0 bridgehead atoms. The molecule has 0 aliphatic carbocycles.